The second kappa shape index (κ2) is 10.8. The molecule has 4 rings (SSSR count). The molecule has 0 bridgehead atoms. The molecule has 1 fully saturated rings. The van der Waals surface area contributed by atoms with Crippen LogP contribution in [0.25, 0.3) is 0 Å². The predicted molar refractivity (Wildman–Crippen MR) is 132 cm³/mol. The highest BCUT2D eigenvalue weighted by atomic mass is 19.1. The molecule has 3 aromatic rings. The van der Waals surface area contributed by atoms with E-state index in [2.05, 4.69) is 15.1 Å². The van der Waals surface area contributed by atoms with Gasteiger partial charge < -0.3 is 15.1 Å². The van der Waals surface area contributed by atoms with E-state index in [1.165, 1.54) is 18.2 Å². The Balaban J connectivity index is 1.50. The van der Waals surface area contributed by atoms with Gasteiger partial charge in [0.25, 0.3) is 5.91 Å². The summed E-state index contributed by atoms with van der Waals surface area (Å²) in [6.45, 7) is 3.08. The standard InChI is InChI=1S/C27H29F3N4O/c1-32(2)21-10-6-19(7-11-21)25(18-31-27(35)26-23(29)4-3-5-24(26)30)34-16-14-33(15-17-34)22-12-8-20(28)9-13-22/h3-13,25H,14-18H2,1-2H3,(H,31,35). The van der Waals surface area contributed by atoms with Crippen molar-refractivity contribution in [3.05, 3.63) is 95.3 Å². The van der Waals surface area contributed by atoms with Crippen LogP contribution >= 0.6 is 0 Å². The Morgan fingerprint density at radius 3 is 2.06 bits per heavy atom. The molecule has 1 saturated heterocycles. The molecule has 1 unspecified atom stereocenters. The number of hydrogen-bond acceptors (Lipinski definition) is 4. The summed E-state index contributed by atoms with van der Waals surface area (Å²) in [6, 6.07) is 17.7. The van der Waals surface area contributed by atoms with Gasteiger partial charge in [-0.15, -0.1) is 0 Å². The van der Waals surface area contributed by atoms with Crippen LogP contribution < -0.4 is 15.1 Å². The third kappa shape index (κ3) is 5.77. The van der Waals surface area contributed by atoms with Crippen LogP contribution in [0.15, 0.2) is 66.7 Å². The number of hydrogen-bond donors (Lipinski definition) is 1. The number of nitrogens with zero attached hydrogens (tertiary/aromatic N) is 3. The Kier molecular flexibility index (Phi) is 7.60. The lowest BCUT2D eigenvalue weighted by atomic mass is 10.0. The van der Waals surface area contributed by atoms with Gasteiger partial charge in [0.15, 0.2) is 0 Å². The first-order valence-corrected chi connectivity index (χ1v) is 11.6. The fourth-order valence-electron chi connectivity index (χ4n) is 4.39. The molecule has 0 aliphatic carbocycles. The predicted octanol–water partition coefficient (Wildman–Crippen LogP) is 4.46. The summed E-state index contributed by atoms with van der Waals surface area (Å²) < 4.78 is 41.5. The summed E-state index contributed by atoms with van der Waals surface area (Å²) in [6.07, 6.45) is 0. The number of halogens is 3. The average molecular weight is 483 g/mol. The Labute approximate surface area is 203 Å². The van der Waals surface area contributed by atoms with E-state index in [0.29, 0.717) is 13.1 Å². The van der Waals surface area contributed by atoms with Crippen molar-refractivity contribution in [2.75, 3.05) is 56.6 Å². The molecular formula is C27H29F3N4O. The van der Waals surface area contributed by atoms with Crippen LogP contribution in [0.5, 0.6) is 0 Å². The molecule has 1 atom stereocenters. The van der Waals surface area contributed by atoms with Crippen LogP contribution in [-0.4, -0.2) is 57.6 Å². The number of benzene rings is 3. The zero-order valence-electron chi connectivity index (χ0n) is 19.8. The van der Waals surface area contributed by atoms with Crippen LogP contribution in [0.1, 0.15) is 22.0 Å². The van der Waals surface area contributed by atoms with Gasteiger partial charge in [0.2, 0.25) is 0 Å². The molecule has 1 amide bonds. The summed E-state index contributed by atoms with van der Waals surface area (Å²) in [5.41, 5.74) is 2.43. The SMILES string of the molecule is CN(C)c1ccc(C(CNC(=O)c2c(F)cccc2F)N2CCN(c3ccc(F)cc3)CC2)cc1. The van der Waals surface area contributed by atoms with E-state index >= 15 is 0 Å². The van der Waals surface area contributed by atoms with E-state index in [9.17, 15) is 18.0 Å². The first kappa shape index (κ1) is 24.6. The summed E-state index contributed by atoms with van der Waals surface area (Å²) >= 11 is 0. The monoisotopic (exact) mass is 482 g/mol. The maximum atomic E-state index is 14.1. The zero-order chi connectivity index (χ0) is 24.9. The Hall–Kier alpha value is -3.52. The minimum absolute atomic E-state index is 0.180. The summed E-state index contributed by atoms with van der Waals surface area (Å²) in [5.74, 6) is -2.82. The molecule has 1 N–H and O–H groups in total. The van der Waals surface area contributed by atoms with Crippen molar-refractivity contribution in [2.24, 2.45) is 0 Å². The Morgan fingerprint density at radius 2 is 1.49 bits per heavy atom. The van der Waals surface area contributed by atoms with Gasteiger partial charge in [-0.05, 0) is 54.1 Å². The number of carbonyl (C=O) groups is 1. The van der Waals surface area contributed by atoms with Gasteiger partial charge in [-0.1, -0.05) is 18.2 Å². The van der Waals surface area contributed by atoms with Gasteiger partial charge in [-0.25, -0.2) is 13.2 Å². The molecule has 184 valence electrons. The highest BCUT2D eigenvalue weighted by Gasteiger charge is 2.27. The fraction of sp³-hybridized carbons (Fsp3) is 0.296. The topological polar surface area (TPSA) is 38.8 Å². The molecule has 1 aliphatic rings. The minimum atomic E-state index is -0.887. The molecule has 0 aromatic heterocycles. The van der Waals surface area contributed by atoms with E-state index in [-0.39, 0.29) is 18.4 Å². The van der Waals surface area contributed by atoms with Crippen LogP contribution in [0.2, 0.25) is 0 Å². The first-order chi connectivity index (χ1) is 16.8. The van der Waals surface area contributed by atoms with Crippen molar-refractivity contribution in [1.29, 1.82) is 0 Å². The first-order valence-electron chi connectivity index (χ1n) is 11.6. The Morgan fingerprint density at radius 1 is 0.886 bits per heavy atom. The molecule has 1 aliphatic heterocycles. The van der Waals surface area contributed by atoms with E-state index in [1.54, 1.807) is 12.1 Å². The third-order valence-electron chi connectivity index (χ3n) is 6.39. The lowest BCUT2D eigenvalue weighted by Crippen LogP contribution is -2.50. The van der Waals surface area contributed by atoms with Crippen LogP contribution in [0, 0.1) is 17.5 Å². The highest BCUT2D eigenvalue weighted by Crippen LogP contribution is 2.26. The smallest absolute Gasteiger partial charge is 0.257 e. The van der Waals surface area contributed by atoms with Gasteiger partial charge in [0, 0.05) is 58.2 Å². The molecular weight excluding hydrogens is 453 g/mol. The van der Waals surface area contributed by atoms with Gasteiger partial charge in [0.1, 0.15) is 23.0 Å². The number of piperazine rings is 1. The lowest BCUT2D eigenvalue weighted by molar-refractivity contribution is 0.0921. The quantitative estimate of drug-likeness (QED) is 0.540. The number of amides is 1. The van der Waals surface area contributed by atoms with Crippen molar-refractivity contribution in [3.8, 4) is 0 Å². The summed E-state index contributed by atoms with van der Waals surface area (Å²) in [5, 5.41) is 2.74. The third-order valence-corrected chi connectivity index (χ3v) is 6.39. The average Bonchev–Trinajstić information content (AvgIpc) is 2.85. The van der Waals surface area contributed by atoms with Crippen molar-refractivity contribution in [3.63, 3.8) is 0 Å². The van der Waals surface area contributed by atoms with Crippen molar-refractivity contribution in [1.82, 2.24) is 10.2 Å². The summed E-state index contributed by atoms with van der Waals surface area (Å²) in [7, 11) is 3.93. The number of rotatable bonds is 7. The normalized spacial score (nSPS) is 15.1. The van der Waals surface area contributed by atoms with Gasteiger partial charge in [0.05, 0.1) is 6.04 Å². The molecule has 5 nitrogen and oxygen atoms in total. The van der Waals surface area contributed by atoms with E-state index in [4.69, 9.17) is 0 Å². The molecule has 1 heterocycles. The number of carbonyl (C=O) groups excluding carboxylic acids is 1. The van der Waals surface area contributed by atoms with Crippen molar-refractivity contribution in [2.45, 2.75) is 6.04 Å². The Bertz CT molecular complexity index is 1120. The van der Waals surface area contributed by atoms with Gasteiger partial charge >= 0.3 is 0 Å². The molecule has 35 heavy (non-hydrogen) atoms. The fourth-order valence-corrected chi connectivity index (χ4v) is 4.39. The molecule has 8 heteroatoms. The summed E-state index contributed by atoms with van der Waals surface area (Å²) in [4.78, 5) is 19.1. The number of anilines is 2. The van der Waals surface area contributed by atoms with Crippen LogP contribution in [0.4, 0.5) is 24.5 Å². The molecule has 0 radical (unpaired) electrons. The van der Waals surface area contributed by atoms with Crippen molar-refractivity contribution < 1.29 is 18.0 Å². The maximum Gasteiger partial charge on any atom is 0.257 e. The molecule has 0 saturated carbocycles. The minimum Gasteiger partial charge on any atom is -0.378 e. The van der Waals surface area contributed by atoms with E-state index < -0.39 is 23.1 Å². The van der Waals surface area contributed by atoms with Crippen LogP contribution in [0.3, 0.4) is 0 Å². The van der Waals surface area contributed by atoms with Crippen LogP contribution in [-0.2, 0) is 0 Å². The number of nitrogens with one attached hydrogen (secondary N) is 1. The molecule has 0 spiro atoms. The second-order valence-electron chi connectivity index (χ2n) is 8.81. The largest absolute Gasteiger partial charge is 0.378 e. The van der Waals surface area contributed by atoms with Gasteiger partial charge in [-0.2, -0.15) is 0 Å². The maximum absolute atomic E-state index is 14.1. The van der Waals surface area contributed by atoms with Gasteiger partial charge in [-0.3, -0.25) is 9.69 Å². The van der Waals surface area contributed by atoms with E-state index in [0.717, 1.165) is 42.2 Å². The highest BCUT2D eigenvalue weighted by molar-refractivity contribution is 5.94. The lowest BCUT2D eigenvalue weighted by Gasteiger charge is -2.40. The van der Waals surface area contributed by atoms with Crippen molar-refractivity contribution >= 4 is 17.3 Å². The van der Waals surface area contributed by atoms with E-state index in [1.807, 2.05) is 43.3 Å². The molecule has 3 aromatic carbocycles. The second-order valence-corrected chi connectivity index (χ2v) is 8.81. The zero-order valence-corrected chi connectivity index (χ0v) is 19.8.